The summed E-state index contributed by atoms with van der Waals surface area (Å²) in [4.78, 5) is 16.3. The molecule has 0 atom stereocenters. The maximum Gasteiger partial charge on any atom is 0.469 e. The maximum atomic E-state index is 9.98. The van der Waals surface area contributed by atoms with Gasteiger partial charge in [-0.3, -0.25) is 4.52 Å². The Kier molecular flexibility index (Phi) is 9.40. The third kappa shape index (κ3) is 11.9. The topological polar surface area (TPSA) is 66.8 Å². The summed E-state index contributed by atoms with van der Waals surface area (Å²) in [6.45, 7) is 2.06. The Labute approximate surface area is 84.0 Å². The average molecular weight is 392 g/mol. The largest absolute Gasteiger partial charge is 0.469 e. The van der Waals surface area contributed by atoms with Crippen molar-refractivity contribution >= 4 is 7.82 Å². The van der Waals surface area contributed by atoms with Gasteiger partial charge in [-0.2, -0.15) is 0 Å². The van der Waals surface area contributed by atoms with Crippen LogP contribution < -0.4 is 0 Å². The predicted molar refractivity (Wildman–Crippen MR) is 32.9 cm³/mol. The van der Waals surface area contributed by atoms with E-state index in [1.165, 1.54) is 0 Å². The molecule has 0 amide bonds. The Morgan fingerprint density at radius 1 is 1.50 bits per heavy atom. The van der Waals surface area contributed by atoms with Gasteiger partial charge in [0.15, 0.2) is 0 Å². The average Bonchev–Trinajstić information content (AvgIpc) is 1.63. The van der Waals surface area contributed by atoms with Crippen molar-refractivity contribution in [3.8, 4) is 0 Å². The molecular weight excluding hydrogens is 381 g/mol. The molecule has 2 N–H and O–H groups in total. The summed E-state index contributed by atoms with van der Waals surface area (Å²) in [6, 6.07) is 0. The van der Waals surface area contributed by atoms with Crippen molar-refractivity contribution in [3.63, 3.8) is 0 Å². The summed E-state index contributed by atoms with van der Waals surface area (Å²) in [7, 11) is -4.20. The van der Waals surface area contributed by atoms with Crippen molar-refractivity contribution in [2.45, 2.75) is 19.8 Å². The van der Waals surface area contributed by atoms with E-state index in [1.54, 1.807) is 0 Å². The molecule has 0 bridgehead atoms. The Bertz CT molecular complexity index is 112. The summed E-state index contributed by atoms with van der Waals surface area (Å²) < 4.78 is 14.1. The van der Waals surface area contributed by atoms with Gasteiger partial charge in [0, 0.05) is 31.1 Å². The molecule has 0 saturated heterocycles. The molecule has 0 aromatic carbocycles. The number of hydrogen-bond donors (Lipinski definition) is 2. The van der Waals surface area contributed by atoms with Crippen LogP contribution >= 0.6 is 7.82 Å². The quantitative estimate of drug-likeness (QED) is 0.551. The van der Waals surface area contributed by atoms with E-state index in [1.807, 2.05) is 6.92 Å². The minimum absolute atomic E-state index is 0. The standard InChI is InChI=1S/C4H11O4P.U/c1-2-3-4-8-9(5,6)7;/h2-4H2,1H3,(H2,5,6,7);. The molecule has 60 valence electrons. The molecule has 0 rings (SSSR count). The Balaban J connectivity index is 0. The molecule has 0 aliphatic rings. The first-order valence-corrected chi connectivity index (χ1v) is 4.29. The van der Waals surface area contributed by atoms with E-state index in [4.69, 9.17) is 9.79 Å². The van der Waals surface area contributed by atoms with Crippen LogP contribution in [0.3, 0.4) is 0 Å². The van der Waals surface area contributed by atoms with Crippen molar-refractivity contribution in [2.75, 3.05) is 6.61 Å². The molecule has 0 aliphatic heterocycles. The van der Waals surface area contributed by atoms with Crippen LogP contribution in [0.4, 0.5) is 0 Å². The monoisotopic (exact) mass is 392 g/mol. The van der Waals surface area contributed by atoms with Gasteiger partial charge in [-0.25, -0.2) is 4.57 Å². The number of phosphoric ester groups is 1. The van der Waals surface area contributed by atoms with Crippen molar-refractivity contribution in [2.24, 2.45) is 0 Å². The molecule has 0 spiro atoms. The second kappa shape index (κ2) is 6.85. The van der Waals surface area contributed by atoms with Gasteiger partial charge in [0.25, 0.3) is 0 Å². The summed E-state index contributed by atoms with van der Waals surface area (Å²) >= 11 is 0. The normalized spacial score (nSPS) is 10.7. The van der Waals surface area contributed by atoms with E-state index < -0.39 is 7.82 Å². The van der Waals surface area contributed by atoms with Gasteiger partial charge in [-0.05, 0) is 6.42 Å². The molecule has 4 nitrogen and oxygen atoms in total. The van der Waals surface area contributed by atoms with Crippen LogP contribution in [-0.4, -0.2) is 16.4 Å². The first-order chi connectivity index (χ1) is 4.06. The van der Waals surface area contributed by atoms with E-state index in [2.05, 4.69) is 4.52 Å². The van der Waals surface area contributed by atoms with Gasteiger partial charge in [-0.15, -0.1) is 0 Å². The van der Waals surface area contributed by atoms with Crippen LogP contribution in [0.25, 0.3) is 0 Å². The van der Waals surface area contributed by atoms with Crippen molar-refractivity contribution < 1.29 is 50.0 Å². The van der Waals surface area contributed by atoms with Gasteiger partial charge < -0.3 is 9.79 Å². The minimum atomic E-state index is -4.20. The molecule has 0 heterocycles. The second-order valence-corrected chi connectivity index (χ2v) is 2.92. The molecule has 0 unspecified atom stereocenters. The third-order valence-corrected chi connectivity index (χ3v) is 1.28. The zero-order chi connectivity index (χ0) is 7.33. The summed E-state index contributed by atoms with van der Waals surface area (Å²) in [5.74, 6) is 0. The first-order valence-electron chi connectivity index (χ1n) is 2.76. The van der Waals surface area contributed by atoms with Crippen molar-refractivity contribution in [1.82, 2.24) is 0 Å². The SMILES string of the molecule is CCCCOP(=O)(O)O.[U]. The van der Waals surface area contributed by atoms with Crippen LogP contribution in [0.5, 0.6) is 0 Å². The Hall–Kier alpha value is 1.16. The molecule has 6 heteroatoms. The van der Waals surface area contributed by atoms with Gasteiger partial charge in [0.05, 0.1) is 6.61 Å². The van der Waals surface area contributed by atoms with Gasteiger partial charge in [-0.1, -0.05) is 13.3 Å². The van der Waals surface area contributed by atoms with E-state index >= 15 is 0 Å². The predicted octanol–water partition coefficient (Wildman–Crippen LogP) is 0.896. The van der Waals surface area contributed by atoms with E-state index in [0.717, 1.165) is 6.42 Å². The summed E-state index contributed by atoms with van der Waals surface area (Å²) in [5.41, 5.74) is 0. The second-order valence-electron chi connectivity index (χ2n) is 1.68. The molecule has 0 fully saturated rings. The van der Waals surface area contributed by atoms with Crippen LogP contribution in [-0.2, 0) is 9.09 Å². The fourth-order valence-corrected chi connectivity index (χ4v) is 0.695. The first kappa shape index (κ1) is 13.7. The molecule has 0 saturated carbocycles. The van der Waals surface area contributed by atoms with Crippen LogP contribution in [0.1, 0.15) is 19.8 Å². The van der Waals surface area contributed by atoms with E-state index in [0.29, 0.717) is 6.42 Å². The van der Waals surface area contributed by atoms with Crippen LogP contribution in [0.2, 0.25) is 0 Å². The van der Waals surface area contributed by atoms with Crippen LogP contribution in [0, 0.1) is 31.1 Å². The maximum absolute atomic E-state index is 9.98. The Morgan fingerprint density at radius 2 is 2.00 bits per heavy atom. The van der Waals surface area contributed by atoms with Crippen LogP contribution in [0.15, 0.2) is 0 Å². The van der Waals surface area contributed by atoms with E-state index in [9.17, 15) is 4.57 Å². The minimum Gasteiger partial charge on any atom is -0.303 e. The fraction of sp³-hybridized carbons (Fsp3) is 1.00. The summed E-state index contributed by atoms with van der Waals surface area (Å²) in [5, 5.41) is 0. The zero-order valence-corrected chi connectivity index (χ0v) is 10.8. The van der Waals surface area contributed by atoms with E-state index in [-0.39, 0.29) is 37.7 Å². The third-order valence-electron chi connectivity index (χ3n) is 0.757. The van der Waals surface area contributed by atoms with Gasteiger partial charge in [0.2, 0.25) is 0 Å². The molecule has 0 aliphatic carbocycles. The van der Waals surface area contributed by atoms with Crippen molar-refractivity contribution in [3.05, 3.63) is 0 Å². The van der Waals surface area contributed by atoms with Gasteiger partial charge in [0.1, 0.15) is 0 Å². The molecule has 0 radical (unpaired) electrons. The molecular formula is C4H11O4PU. The molecule has 0 aromatic heterocycles. The smallest absolute Gasteiger partial charge is 0.303 e. The molecule has 10 heavy (non-hydrogen) atoms. The summed E-state index contributed by atoms with van der Waals surface area (Å²) in [6.07, 6.45) is 1.56. The number of unbranched alkanes of at least 4 members (excludes halogenated alkanes) is 1. The molecule has 0 aromatic rings. The Morgan fingerprint density at radius 3 is 2.30 bits per heavy atom. The number of phosphoric acid groups is 1. The van der Waals surface area contributed by atoms with Crippen molar-refractivity contribution in [1.29, 1.82) is 0 Å². The van der Waals surface area contributed by atoms with Gasteiger partial charge >= 0.3 is 7.82 Å². The number of rotatable bonds is 4. The number of hydrogen-bond acceptors (Lipinski definition) is 2. The zero-order valence-electron chi connectivity index (χ0n) is 5.78. The fourth-order valence-electron chi connectivity index (χ4n) is 0.328.